The lowest BCUT2D eigenvalue weighted by Crippen LogP contribution is -2.22. The van der Waals surface area contributed by atoms with Crippen molar-refractivity contribution < 1.29 is 4.79 Å². The predicted octanol–water partition coefficient (Wildman–Crippen LogP) is 2.64. The lowest BCUT2D eigenvalue weighted by molar-refractivity contribution is -0.115. The number of nitrogens with one attached hydrogen (secondary N) is 2. The molecule has 0 bridgehead atoms. The number of H-pyrrole nitrogens is 1. The van der Waals surface area contributed by atoms with Crippen LogP contribution in [0.1, 0.15) is 11.4 Å². The van der Waals surface area contributed by atoms with Gasteiger partial charge >= 0.3 is 0 Å². The molecule has 130 valence electrons. The summed E-state index contributed by atoms with van der Waals surface area (Å²) in [5, 5.41) is 15.7. The molecular formula is C18H15N5O2S. The minimum absolute atomic E-state index is 0.00716. The molecular weight excluding hydrogens is 350 g/mol. The van der Waals surface area contributed by atoms with E-state index in [1.807, 2.05) is 48.7 Å². The zero-order valence-corrected chi connectivity index (χ0v) is 14.7. The third kappa shape index (κ3) is 3.14. The number of benzene rings is 1. The van der Waals surface area contributed by atoms with Crippen molar-refractivity contribution in [3.63, 3.8) is 0 Å². The molecule has 0 spiro atoms. The van der Waals surface area contributed by atoms with E-state index in [9.17, 15) is 9.59 Å². The third-order valence-electron chi connectivity index (χ3n) is 3.87. The van der Waals surface area contributed by atoms with Crippen molar-refractivity contribution in [1.82, 2.24) is 19.8 Å². The van der Waals surface area contributed by atoms with Gasteiger partial charge in [0.1, 0.15) is 11.2 Å². The summed E-state index contributed by atoms with van der Waals surface area (Å²) in [6, 6.07) is 13.1. The zero-order chi connectivity index (χ0) is 18.1. The molecule has 26 heavy (non-hydrogen) atoms. The first-order valence-electron chi connectivity index (χ1n) is 7.98. The summed E-state index contributed by atoms with van der Waals surface area (Å²) in [6.07, 6.45) is -0.00716. The average molecular weight is 365 g/mol. The van der Waals surface area contributed by atoms with E-state index in [0.29, 0.717) is 17.0 Å². The summed E-state index contributed by atoms with van der Waals surface area (Å²) in [6.45, 7) is 1.96. The number of aryl methyl sites for hydroxylation is 1. The maximum absolute atomic E-state index is 12.4. The van der Waals surface area contributed by atoms with Crippen LogP contribution in [0.25, 0.3) is 16.1 Å². The summed E-state index contributed by atoms with van der Waals surface area (Å²) < 4.78 is 1.43. The van der Waals surface area contributed by atoms with Crippen molar-refractivity contribution in [2.75, 3.05) is 5.32 Å². The van der Waals surface area contributed by atoms with E-state index in [1.165, 1.54) is 15.9 Å². The number of hydrogen-bond acceptors (Lipinski definition) is 5. The van der Waals surface area contributed by atoms with Crippen LogP contribution in [-0.4, -0.2) is 25.7 Å². The Morgan fingerprint density at radius 3 is 2.92 bits per heavy atom. The van der Waals surface area contributed by atoms with Gasteiger partial charge in [0.05, 0.1) is 11.3 Å². The van der Waals surface area contributed by atoms with E-state index >= 15 is 0 Å². The number of carbonyl (C=O) groups excluding carboxylic acids is 1. The van der Waals surface area contributed by atoms with Gasteiger partial charge in [0.25, 0.3) is 5.56 Å². The SMILES string of the molecule is Cc1cccc(NC(=O)Cc2n[nH]c(=O)c3cc(-c4cccs4)nn23)c1. The molecule has 0 aliphatic heterocycles. The Morgan fingerprint density at radius 1 is 1.27 bits per heavy atom. The number of carbonyl (C=O) groups is 1. The number of nitrogens with zero attached hydrogens (tertiary/aromatic N) is 3. The fraction of sp³-hybridized carbons (Fsp3) is 0.111. The normalized spacial score (nSPS) is 11.0. The second-order valence-corrected chi connectivity index (χ2v) is 6.82. The summed E-state index contributed by atoms with van der Waals surface area (Å²) in [4.78, 5) is 25.4. The van der Waals surface area contributed by atoms with Gasteiger partial charge in [0.2, 0.25) is 5.91 Å². The Hall–Kier alpha value is -3.26. The molecule has 2 N–H and O–H groups in total. The van der Waals surface area contributed by atoms with Gasteiger partial charge in [-0.15, -0.1) is 11.3 Å². The lowest BCUT2D eigenvalue weighted by Gasteiger charge is -2.06. The molecule has 4 rings (SSSR count). The third-order valence-corrected chi connectivity index (χ3v) is 4.76. The van der Waals surface area contributed by atoms with Gasteiger partial charge in [0.15, 0.2) is 5.82 Å². The Labute approximate surface area is 152 Å². The molecule has 0 aliphatic carbocycles. The second kappa shape index (κ2) is 6.57. The molecule has 1 aromatic carbocycles. The minimum atomic E-state index is -0.344. The van der Waals surface area contributed by atoms with E-state index in [1.54, 1.807) is 6.07 Å². The number of amides is 1. The first-order valence-corrected chi connectivity index (χ1v) is 8.86. The number of fused-ring (bicyclic) bond motifs is 1. The summed E-state index contributed by atoms with van der Waals surface area (Å²) in [7, 11) is 0. The van der Waals surface area contributed by atoms with Crippen LogP contribution >= 0.6 is 11.3 Å². The van der Waals surface area contributed by atoms with Gasteiger partial charge in [-0.2, -0.15) is 10.2 Å². The maximum atomic E-state index is 12.4. The molecule has 0 fully saturated rings. The number of hydrogen-bond donors (Lipinski definition) is 2. The van der Waals surface area contributed by atoms with Crippen LogP contribution in [-0.2, 0) is 11.2 Å². The average Bonchev–Trinajstić information content (AvgIpc) is 3.26. The van der Waals surface area contributed by atoms with Gasteiger partial charge < -0.3 is 5.32 Å². The number of thiophene rings is 1. The highest BCUT2D eigenvalue weighted by atomic mass is 32.1. The highest BCUT2D eigenvalue weighted by Gasteiger charge is 2.15. The molecule has 3 aromatic heterocycles. The predicted molar refractivity (Wildman–Crippen MR) is 100 cm³/mol. The van der Waals surface area contributed by atoms with Crippen LogP contribution in [0.5, 0.6) is 0 Å². The van der Waals surface area contributed by atoms with Crippen molar-refractivity contribution >= 4 is 28.4 Å². The van der Waals surface area contributed by atoms with E-state index in [0.717, 1.165) is 16.1 Å². The molecule has 0 atom stereocenters. The molecule has 0 unspecified atom stereocenters. The van der Waals surface area contributed by atoms with Crippen molar-refractivity contribution in [3.8, 4) is 10.6 Å². The topological polar surface area (TPSA) is 92.1 Å². The van der Waals surface area contributed by atoms with Crippen molar-refractivity contribution in [2.45, 2.75) is 13.3 Å². The fourth-order valence-corrected chi connectivity index (χ4v) is 3.37. The molecule has 0 saturated heterocycles. The molecule has 0 aliphatic rings. The van der Waals surface area contributed by atoms with E-state index in [-0.39, 0.29) is 17.9 Å². The smallest absolute Gasteiger partial charge is 0.290 e. The van der Waals surface area contributed by atoms with Crippen LogP contribution < -0.4 is 10.9 Å². The molecule has 0 radical (unpaired) electrons. The standard InChI is InChI=1S/C18H15N5O2S/c1-11-4-2-5-12(8-11)19-17(24)10-16-20-21-18(25)14-9-13(22-23(14)16)15-6-3-7-26-15/h2-9H,10H2,1H3,(H,19,24)(H,21,25). The number of rotatable bonds is 4. The summed E-state index contributed by atoms with van der Waals surface area (Å²) in [5.74, 6) is 0.136. The molecule has 3 heterocycles. The van der Waals surface area contributed by atoms with Crippen LogP contribution in [0.15, 0.2) is 52.6 Å². The second-order valence-electron chi connectivity index (χ2n) is 5.87. The van der Waals surface area contributed by atoms with Crippen LogP contribution in [0.3, 0.4) is 0 Å². The minimum Gasteiger partial charge on any atom is -0.326 e. The first-order chi connectivity index (χ1) is 12.6. The van der Waals surface area contributed by atoms with Gasteiger partial charge in [0, 0.05) is 5.69 Å². The Kier molecular flexibility index (Phi) is 4.10. The number of aromatic nitrogens is 4. The molecule has 4 aromatic rings. The fourth-order valence-electron chi connectivity index (χ4n) is 2.69. The number of anilines is 1. The van der Waals surface area contributed by atoms with Crippen LogP contribution in [0, 0.1) is 6.92 Å². The molecule has 7 nitrogen and oxygen atoms in total. The summed E-state index contributed by atoms with van der Waals surface area (Å²) >= 11 is 1.53. The first kappa shape index (κ1) is 16.2. The van der Waals surface area contributed by atoms with Gasteiger partial charge in [-0.25, -0.2) is 9.61 Å². The molecule has 0 saturated carbocycles. The van der Waals surface area contributed by atoms with Gasteiger partial charge in [-0.05, 0) is 42.1 Å². The van der Waals surface area contributed by atoms with E-state index in [4.69, 9.17) is 0 Å². The Balaban J connectivity index is 1.65. The monoisotopic (exact) mass is 365 g/mol. The highest BCUT2D eigenvalue weighted by molar-refractivity contribution is 7.13. The largest absolute Gasteiger partial charge is 0.326 e. The van der Waals surface area contributed by atoms with Crippen LogP contribution in [0.4, 0.5) is 5.69 Å². The van der Waals surface area contributed by atoms with Gasteiger partial charge in [-0.1, -0.05) is 18.2 Å². The zero-order valence-electron chi connectivity index (χ0n) is 13.9. The molecule has 1 amide bonds. The Bertz CT molecular complexity index is 1140. The van der Waals surface area contributed by atoms with Crippen molar-refractivity contribution in [2.24, 2.45) is 0 Å². The van der Waals surface area contributed by atoms with E-state index in [2.05, 4.69) is 20.6 Å². The number of aromatic amines is 1. The lowest BCUT2D eigenvalue weighted by atomic mass is 10.2. The maximum Gasteiger partial charge on any atom is 0.290 e. The Morgan fingerprint density at radius 2 is 2.15 bits per heavy atom. The van der Waals surface area contributed by atoms with E-state index < -0.39 is 0 Å². The van der Waals surface area contributed by atoms with Crippen LogP contribution in [0.2, 0.25) is 0 Å². The van der Waals surface area contributed by atoms with Crippen molar-refractivity contribution in [3.05, 3.63) is 69.6 Å². The highest BCUT2D eigenvalue weighted by Crippen LogP contribution is 2.23. The quantitative estimate of drug-likeness (QED) is 0.581. The van der Waals surface area contributed by atoms with Gasteiger partial charge in [-0.3, -0.25) is 9.59 Å². The van der Waals surface area contributed by atoms with Crippen molar-refractivity contribution in [1.29, 1.82) is 0 Å². The molecule has 8 heteroatoms. The summed E-state index contributed by atoms with van der Waals surface area (Å²) in [5.41, 5.74) is 2.47.